The van der Waals surface area contributed by atoms with Gasteiger partial charge in [0.25, 0.3) is 0 Å². The minimum atomic E-state index is 0.178. The van der Waals surface area contributed by atoms with E-state index in [-0.39, 0.29) is 4.75 Å². The van der Waals surface area contributed by atoms with Crippen molar-refractivity contribution in [1.82, 2.24) is 0 Å². The molecule has 0 radical (unpaired) electrons. The van der Waals surface area contributed by atoms with Gasteiger partial charge in [0, 0.05) is 9.64 Å². The van der Waals surface area contributed by atoms with E-state index in [0.717, 1.165) is 17.5 Å². The van der Waals surface area contributed by atoms with Crippen molar-refractivity contribution in [3.8, 4) is 5.75 Å². The molecule has 1 aromatic carbocycles. The van der Waals surface area contributed by atoms with Gasteiger partial charge in [0.2, 0.25) is 0 Å². The Bertz CT molecular complexity index is 478. The molecule has 1 rings (SSSR count). The maximum Gasteiger partial charge on any atom is 0.122 e. The van der Waals surface area contributed by atoms with Crippen LogP contribution in [-0.4, -0.2) is 9.85 Å². The summed E-state index contributed by atoms with van der Waals surface area (Å²) in [5.41, 5.74) is 2.45. The Morgan fingerprint density at radius 1 is 0.909 bits per heavy atom. The summed E-state index contributed by atoms with van der Waals surface area (Å²) < 4.78 is 0.178. The third-order valence-electron chi connectivity index (χ3n) is 3.74. The fraction of sp³-hybridized carbons (Fsp3) is 0.700. The number of hydrogen-bond acceptors (Lipinski definition) is 2. The highest BCUT2D eigenvalue weighted by Gasteiger charge is 2.27. The minimum Gasteiger partial charge on any atom is -0.507 e. The predicted molar refractivity (Wildman–Crippen MR) is 100 cm³/mol. The summed E-state index contributed by atoms with van der Waals surface area (Å²) >= 11 is 1.93. The molecule has 126 valence electrons. The summed E-state index contributed by atoms with van der Waals surface area (Å²) in [4.78, 5) is 1.28. The third-order valence-corrected chi connectivity index (χ3v) is 4.90. The van der Waals surface area contributed by atoms with Gasteiger partial charge in [-0.25, -0.2) is 0 Å². The normalized spacial score (nSPS) is 13.2. The van der Waals surface area contributed by atoms with Gasteiger partial charge in [0.1, 0.15) is 5.75 Å². The Labute approximate surface area is 141 Å². The Morgan fingerprint density at radius 2 is 1.32 bits per heavy atom. The lowest BCUT2D eigenvalue weighted by Crippen LogP contribution is -2.23. The lowest BCUT2D eigenvalue weighted by molar-refractivity contribution is 0.339. The van der Waals surface area contributed by atoms with E-state index in [1.807, 2.05) is 11.8 Å². The fourth-order valence-electron chi connectivity index (χ4n) is 3.22. The molecule has 0 atom stereocenters. The number of hydrogen-bond donors (Lipinski definition) is 1. The van der Waals surface area contributed by atoms with Crippen LogP contribution >= 0.6 is 11.8 Å². The second-order valence-corrected chi connectivity index (χ2v) is 10.6. The largest absolute Gasteiger partial charge is 0.507 e. The molecule has 2 heteroatoms. The summed E-state index contributed by atoms with van der Waals surface area (Å²) in [7, 11) is 0. The second-order valence-electron chi connectivity index (χ2n) is 8.86. The van der Waals surface area contributed by atoms with Crippen LogP contribution in [0, 0.1) is 5.41 Å². The minimum absolute atomic E-state index is 0.178. The Morgan fingerprint density at radius 3 is 1.64 bits per heavy atom. The second kappa shape index (κ2) is 6.86. The van der Waals surface area contributed by atoms with E-state index < -0.39 is 0 Å². The maximum absolute atomic E-state index is 10.5. The molecular weight excluding hydrogens is 288 g/mol. The molecule has 0 saturated carbocycles. The van der Waals surface area contributed by atoms with Crippen LogP contribution in [0.15, 0.2) is 17.0 Å². The zero-order chi connectivity index (χ0) is 17.3. The molecule has 0 aliphatic carbocycles. The van der Waals surface area contributed by atoms with Crippen molar-refractivity contribution in [2.75, 3.05) is 0 Å². The quantitative estimate of drug-likeness (QED) is 0.592. The average Bonchev–Trinajstić information content (AvgIpc) is 2.26. The number of benzene rings is 1. The Kier molecular flexibility index (Phi) is 6.06. The van der Waals surface area contributed by atoms with E-state index >= 15 is 0 Å². The lowest BCUT2D eigenvalue weighted by atomic mass is 9.86. The van der Waals surface area contributed by atoms with Gasteiger partial charge in [-0.05, 0) is 46.9 Å². The molecule has 0 aliphatic rings. The molecule has 0 saturated heterocycles. The van der Waals surface area contributed by atoms with Gasteiger partial charge >= 0.3 is 0 Å². The van der Waals surface area contributed by atoms with Crippen LogP contribution in [0.2, 0.25) is 0 Å². The first-order valence-electron chi connectivity index (χ1n) is 8.38. The van der Waals surface area contributed by atoms with Crippen LogP contribution in [0.3, 0.4) is 0 Å². The van der Waals surface area contributed by atoms with Crippen molar-refractivity contribution in [3.63, 3.8) is 0 Å². The SMILES string of the molecule is CC(C)c1cc(SC(C)(C)CC(C)(C)C)cc(C(C)C)c1O. The zero-order valence-corrected chi connectivity index (χ0v) is 16.7. The van der Waals surface area contributed by atoms with Gasteiger partial charge in [-0.3, -0.25) is 0 Å². The van der Waals surface area contributed by atoms with Crippen molar-refractivity contribution in [3.05, 3.63) is 23.3 Å². The molecule has 1 nitrogen and oxygen atoms in total. The Hall–Kier alpha value is -0.630. The molecule has 0 amide bonds. The highest BCUT2D eigenvalue weighted by atomic mass is 32.2. The van der Waals surface area contributed by atoms with Crippen molar-refractivity contribution in [2.45, 2.75) is 90.2 Å². The number of phenols is 1. The molecule has 0 unspecified atom stereocenters. The van der Waals surface area contributed by atoms with E-state index in [1.54, 1.807) is 0 Å². The highest BCUT2D eigenvalue weighted by Crippen LogP contribution is 2.44. The number of aromatic hydroxyl groups is 1. The van der Waals surface area contributed by atoms with Crippen LogP contribution < -0.4 is 0 Å². The van der Waals surface area contributed by atoms with E-state index in [1.165, 1.54) is 4.90 Å². The van der Waals surface area contributed by atoms with Crippen molar-refractivity contribution in [1.29, 1.82) is 0 Å². The highest BCUT2D eigenvalue weighted by molar-refractivity contribution is 8.00. The van der Waals surface area contributed by atoms with Crippen LogP contribution in [0.4, 0.5) is 0 Å². The van der Waals surface area contributed by atoms with Crippen molar-refractivity contribution >= 4 is 11.8 Å². The first-order chi connectivity index (χ1) is 9.82. The molecule has 0 aliphatic heterocycles. The summed E-state index contributed by atoms with van der Waals surface area (Å²) in [6, 6.07) is 4.36. The number of rotatable bonds is 5. The molecule has 0 fully saturated rings. The first-order valence-corrected chi connectivity index (χ1v) is 9.20. The first kappa shape index (κ1) is 19.4. The van der Waals surface area contributed by atoms with E-state index in [4.69, 9.17) is 0 Å². The number of thioether (sulfide) groups is 1. The predicted octanol–water partition coefficient (Wildman–Crippen LogP) is 6.95. The van der Waals surface area contributed by atoms with Crippen LogP contribution in [-0.2, 0) is 0 Å². The topological polar surface area (TPSA) is 20.2 Å². The smallest absolute Gasteiger partial charge is 0.122 e. The summed E-state index contributed by atoms with van der Waals surface area (Å²) in [5.74, 6) is 1.16. The molecule has 1 aromatic rings. The van der Waals surface area contributed by atoms with Gasteiger partial charge in [0.15, 0.2) is 0 Å². The average molecular weight is 323 g/mol. The lowest BCUT2D eigenvalue weighted by Gasteiger charge is -2.32. The van der Waals surface area contributed by atoms with Gasteiger partial charge < -0.3 is 5.11 Å². The van der Waals surface area contributed by atoms with Crippen molar-refractivity contribution < 1.29 is 5.11 Å². The van der Waals surface area contributed by atoms with Crippen LogP contribution in [0.1, 0.15) is 91.7 Å². The van der Waals surface area contributed by atoms with Crippen LogP contribution in [0.5, 0.6) is 5.75 Å². The number of phenolic OH excluding ortho intramolecular Hbond substituents is 1. The standard InChI is InChI=1S/C20H34OS/c1-13(2)16-10-15(11-17(14(3)4)18(16)21)22-20(8,9)12-19(5,6)7/h10-11,13-14,21H,12H2,1-9H3. The fourth-order valence-corrected chi connectivity index (χ4v) is 4.74. The van der Waals surface area contributed by atoms with Gasteiger partial charge in [-0.15, -0.1) is 11.8 Å². The maximum atomic E-state index is 10.5. The van der Waals surface area contributed by atoms with Crippen molar-refractivity contribution in [2.24, 2.45) is 5.41 Å². The molecule has 0 bridgehead atoms. The summed E-state index contributed by atoms with van der Waals surface area (Å²) in [6.07, 6.45) is 1.15. The summed E-state index contributed by atoms with van der Waals surface area (Å²) in [6.45, 7) is 20.1. The van der Waals surface area contributed by atoms with Gasteiger partial charge in [0.05, 0.1) is 0 Å². The molecule has 0 aromatic heterocycles. The van der Waals surface area contributed by atoms with Gasteiger partial charge in [-0.2, -0.15) is 0 Å². The molecule has 22 heavy (non-hydrogen) atoms. The van der Waals surface area contributed by atoms with E-state index in [2.05, 4.69) is 74.4 Å². The molecule has 1 N–H and O–H groups in total. The van der Waals surface area contributed by atoms with Gasteiger partial charge in [-0.1, -0.05) is 62.3 Å². The third kappa shape index (κ3) is 5.53. The molecule has 0 heterocycles. The monoisotopic (exact) mass is 322 g/mol. The van der Waals surface area contributed by atoms with Crippen LogP contribution in [0.25, 0.3) is 0 Å². The molecule has 0 spiro atoms. The Balaban J connectivity index is 3.20. The summed E-state index contributed by atoms with van der Waals surface area (Å²) in [5, 5.41) is 10.5. The van der Waals surface area contributed by atoms with E-state index in [9.17, 15) is 5.11 Å². The zero-order valence-electron chi connectivity index (χ0n) is 15.9. The molecular formula is C20H34OS. The van der Waals surface area contributed by atoms with E-state index in [0.29, 0.717) is 23.0 Å².